The highest BCUT2D eigenvalue weighted by Gasteiger charge is 2.26. The molecule has 1 aromatic carbocycles. The Morgan fingerprint density at radius 1 is 1.57 bits per heavy atom. The van der Waals surface area contributed by atoms with E-state index < -0.39 is 10.9 Å². The van der Waals surface area contributed by atoms with E-state index in [9.17, 15) is 14.9 Å². The topological polar surface area (TPSA) is 92.9 Å². The lowest BCUT2D eigenvalue weighted by Crippen LogP contribution is -2.40. The highest BCUT2D eigenvalue weighted by Crippen LogP contribution is 2.31. The van der Waals surface area contributed by atoms with Gasteiger partial charge in [-0.25, -0.2) is 4.79 Å². The summed E-state index contributed by atoms with van der Waals surface area (Å²) in [6.07, 6.45) is 1.89. The van der Waals surface area contributed by atoms with Crippen molar-refractivity contribution < 1.29 is 19.6 Å². The van der Waals surface area contributed by atoms with Crippen molar-refractivity contribution in [3.05, 3.63) is 33.9 Å². The van der Waals surface area contributed by atoms with Gasteiger partial charge in [0, 0.05) is 25.8 Å². The average Bonchev–Trinajstić information content (AvgIpc) is 2.47. The Balaban J connectivity index is 2.29. The van der Waals surface area contributed by atoms with Gasteiger partial charge < -0.3 is 14.7 Å². The third kappa shape index (κ3) is 3.49. The molecule has 1 fully saturated rings. The highest BCUT2D eigenvalue weighted by molar-refractivity contribution is 5.89. The van der Waals surface area contributed by atoms with Crippen LogP contribution < -0.4 is 4.90 Å². The molecule has 7 heteroatoms. The number of rotatable bonds is 5. The summed E-state index contributed by atoms with van der Waals surface area (Å²) >= 11 is 0. The summed E-state index contributed by atoms with van der Waals surface area (Å²) in [5.74, 6) is -1.17. The van der Waals surface area contributed by atoms with Gasteiger partial charge in [0.15, 0.2) is 0 Å². The fourth-order valence-corrected chi connectivity index (χ4v) is 2.60. The van der Waals surface area contributed by atoms with E-state index in [-0.39, 0.29) is 17.4 Å². The first kappa shape index (κ1) is 15.2. The van der Waals surface area contributed by atoms with Crippen LogP contribution in [0.5, 0.6) is 0 Å². The number of carbonyl (C=O) groups is 1. The molecule has 0 amide bonds. The minimum Gasteiger partial charge on any atom is -0.478 e. The predicted octanol–water partition coefficient (Wildman–Crippen LogP) is 2.30. The number of anilines is 1. The maximum Gasteiger partial charge on any atom is 0.335 e. The Hall–Kier alpha value is -2.15. The fraction of sp³-hybridized carbons (Fsp3) is 0.500. The number of piperidine rings is 1. The van der Waals surface area contributed by atoms with E-state index in [1.165, 1.54) is 12.1 Å². The van der Waals surface area contributed by atoms with Crippen LogP contribution >= 0.6 is 0 Å². The van der Waals surface area contributed by atoms with Gasteiger partial charge in [-0.2, -0.15) is 0 Å². The highest BCUT2D eigenvalue weighted by atomic mass is 16.6. The van der Waals surface area contributed by atoms with Crippen LogP contribution in [-0.4, -0.2) is 41.8 Å². The lowest BCUT2D eigenvalue weighted by molar-refractivity contribution is -0.384. The van der Waals surface area contributed by atoms with Gasteiger partial charge in [-0.1, -0.05) is 0 Å². The first-order chi connectivity index (χ1) is 10.0. The van der Waals surface area contributed by atoms with Gasteiger partial charge in [-0.3, -0.25) is 10.1 Å². The Kier molecular flexibility index (Phi) is 4.74. The molecule has 114 valence electrons. The monoisotopic (exact) mass is 294 g/mol. The van der Waals surface area contributed by atoms with Crippen LogP contribution in [0.25, 0.3) is 0 Å². The molecule has 1 aliphatic rings. The van der Waals surface area contributed by atoms with Crippen molar-refractivity contribution >= 4 is 17.3 Å². The summed E-state index contributed by atoms with van der Waals surface area (Å²) in [4.78, 5) is 23.5. The summed E-state index contributed by atoms with van der Waals surface area (Å²) in [5, 5.41) is 20.1. The quantitative estimate of drug-likeness (QED) is 0.661. The zero-order valence-electron chi connectivity index (χ0n) is 11.8. The third-order valence-electron chi connectivity index (χ3n) is 3.54. The SMILES string of the molecule is CCOC1CCCN(c2ccc(C(=O)O)cc2[N+](=O)[O-])C1. The van der Waals surface area contributed by atoms with E-state index in [1.54, 1.807) is 0 Å². The molecular weight excluding hydrogens is 276 g/mol. The molecule has 0 bridgehead atoms. The number of carboxylic acids is 1. The third-order valence-corrected chi connectivity index (χ3v) is 3.54. The average molecular weight is 294 g/mol. The van der Waals surface area contributed by atoms with Crippen molar-refractivity contribution in [2.24, 2.45) is 0 Å². The molecule has 1 heterocycles. The smallest absolute Gasteiger partial charge is 0.335 e. The molecule has 1 atom stereocenters. The van der Waals surface area contributed by atoms with Crippen molar-refractivity contribution in [2.45, 2.75) is 25.9 Å². The summed E-state index contributed by atoms with van der Waals surface area (Å²) in [7, 11) is 0. The van der Waals surface area contributed by atoms with Crippen LogP contribution in [0.2, 0.25) is 0 Å². The number of nitro benzene ring substituents is 1. The van der Waals surface area contributed by atoms with Crippen molar-refractivity contribution in [1.29, 1.82) is 0 Å². The minimum absolute atomic E-state index is 0.0579. The molecule has 7 nitrogen and oxygen atoms in total. The molecule has 0 saturated carbocycles. The van der Waals surface area contributed by atoms with Crippen molar-refractivity contribution in [1.82, 2.24) is 0 Å². The Bertz CT molecular complexity index is 544. The number of hydrogen-bond acceptors (Lipinski definition) is 5. The van der Waals surface area contributed by atoms with Gasteiger partial charge in [-0.15, -0.1) is 0 Å². The normalized spacial score (nSPS) is 18.5. The summed E-state index contributed by atoms with van der Waals surface area (Å²) < 4.78 is 5.59. The van der Waals surface area contributed by atoms with Crippen LogP contribution in [0.15, 0.2) is 18.2 Å². The lowest BCUT2D eigenvalue weighted by atomic mass is 10.1. The van der Waals surface area contributed by atoms with Gasteiger partial charge in [0.2, 0.25) is 0 Å². The zero-order chi connectivity index (χ0) is 15.4. The van der Waals surface area contributed by atoms with E-state index in [0.717, 1.165) is 18.9 Å². The van der Waals surface area contributed by atoms with Crippen molar-refractivity contribution in [3.8, 4) is 0 Å². The van der Waals surface area contributed by atoms with Gasteiger partial charge in [-0.05, 0) is 31.9 Å². The molecule has 1 saturated heterocycles. The number of benzene rings is 1. The molecule has 1 aliphatic heterocycles. The largest absolute Gasteiger partial charge is 0.478 e. The second kappa shape index (κ2) is 6.53. The maximum absolute atomic E-state index is 11.2. The van der Waals surface area contributed by atoms with Gasteiger partial charge in [0.1, 0.15) is 5.69 Å². The van der Waals surface area contributed by atoms with Crippen LogP contribution in [0.1, 0.15) is 30.1 Å². The van der Waals surface area contributed by atoms with Crippen molar-refractivity contribution in [2.75, 3.05) is 24.6 Å². The molecule has 0 aliphatic carbocycles. The fourth-order valence-electron chi connectivity index (χ4n) is 2.60. The van der Waals surface area contributed by atoms with Crippen molar-refractivity contribution in [3.63, 3.8) is 0 Å². The van der Waals surface area contributed by atoms with E-state index in [1.807, 2.05) is 11.8 Å². The zero-order valence-corrected chi connectivity index (χ0v) is 11.8. The Morgan fingerprint density at radius 3 is 2.95 bits per heavy atom. The van der Waals surface area contributed by atoms with Gasteiger partial charge in [0.25, 0.3) is 5.69 Å². The Morgan fingerprint density at radius 2 is 2.33 bits per heavy atom. The van der Waals surface area contributed by atoms with Crippen LogP contribution in [0.3, 0.4) is 0 Å². The molecule has 1 aromatic rings. The van der Waals surface area contributed by atoms with E-state index in [4.69, 9.17) is 9.84 Å². The molecule has 0 spiro atoms. The molecule has 1 N–H and O–H groups in total. The lowest BCUT2D eigenvalue weighted by Gasteiger charge is -2.33. The number of ether oxygens (including phenoxy) is 1. The number of aromatic carboxylic acids is 1. The van der Waals surface area contributed by atoms with Crippen LogP contribution in [-0.2, 0) is 4.74 Å². The first-order valence-electron chi connectivity index (χ1n) is 6.91. The van der Waals surface area contributed by atoms with Crippen LogP contribution in [0.4, 0.5) is 11.4 Å². The molecule has 1 unspecified atom stereocenters. The van der Waals surface area contributed by atoms with E-state index >= 15 is 0 Å². The summed E-state index contributed by atoms with van der Waals surface area (Å²) in [6.45, 7) is 3.82. The second-order valence-electron chi connectivity index (χ2n) is 4.93. The number of nitrogens with zero attached hydrogens (tertiary/aromatic N) is 2. The Labute approximate surface area is 122 Å². The van der Waals surface area contributed by atoms with Gasteiger partial charge >= 0.3 is 5.97 Å². The summed E-state index contributed by atoms with van der Waals surface area (Å²) in [5.41, 5.74) is 0.199. The molecule has 0 radical (unpaired) electrons. The predicted molar refractivity (Wildman–Crippen MR) is 76.9 cm³/mol. The van der Waals surface area contributed by atoms with Gasteiger partial charge in [0.05, 0.1) is 16.6 Å². The first-order valence-corrected chi connectivity index (χ1v) is 6.91. The summed E-state index contributed by atoms with van der Waals surface area (Å²) in [6, 6.07) is 4.02. The van der Waals surface area contributed by atoms with Crippen LogP contribution in [0, 0.1) is 10.1 Å². The maximum atomic E-state index is 11.2. The van der Waals surface area contributed by atoms with E-state index in [2.05, 4.69) is 0 Å². The second-order valence-corrected chi connectivity index (χ2v) is 4.93. The number of carboxylic acid groups (broad SMARTS) is 1. The molecule has 2 rings (SSSR count). The number of hydrogen-bond donors (Lipinski definition) is 1. The van der Waals surface area contributed by atoms with E-state index in [0.29, 0.717) is 25.4 Å². The minimum atomic E-state index is -1.17. The standard InChI is InChI=1S/C14H18N2O5/c1-2-21-11-4-3-7-15(9-11)12-6-5-10(14(17)18)8-13(12)16(19)20/h5-6,8,11H,2-4,7,9H2,1H3,(H,17,18). The molecule has 0 aromatic heterocycles. The molecular formula is C14H18N2O5. The molecule has 21 heavy (non-hydrogen) atoms. The number of nitro groups is 1.